The summed E-state index contributed by atoms with van der Waals surface area (Å²) >= 11 is 0. The van der Waals surface area contributed by atoms with Gasteiger partial charge in [-0.25, -0.2) is 4.39 Å². The molecule has 6 heteroatoms. The molecule has 1 aromatic carbocycles. The Bertz CT molecular complexity index is 539. The maximum absolute atomic E-state index is 14.2. The molecule has 0 amide bonds. The summed E-state index contributed by atoms with van der Waals surface area (Å²) in [5.74, 6) is -0.392. The summed E-state index contributed by atoms with van der Waals surface area (Å²) in [7, 11) is -0.581. The highest BCUT2D eigenvalue weighted by Crippen LogP contribution is 2.36. The minimum Gasteiger partial charge on any atom is -0.399 e. The van der Waals surface area contributed by atoms with Crippen molar-refractivity contribution in [3.05, 3.63) is 24.0 Å². The molecular formula is C16H25BFNO3. The fourth-order valence-electron chi connectivity index (χ4n) is 2.11. The molecule has 1 fully saturated rings. The molecule has 0 atom stereocenters. The van der Waals surface area contributed by atoms with Crippen LogP contribution < -0.4 is 10.8 Å². The highest BCUT2D eigenvalue weighted by Gasteiger charge is 2.51. The third-order valence-electron chi connectivity index (χ3n) is 4.23. The van der Waals surface area contributed by atoms with Crippen molar-refractivity contribution in [3.8, 4) is 0 Å². The number of hydrogen-bond donors (Lipinski definition) is 2. The third-order valence-corrected chi connectivity index (χ3v) is 4.23. The van der Waals surface area contributed by atoms with Crippen molar-refractivity contribution in [1.29, 1.82) is 0 Å². The summed E-state index contributed by atoms with van der Waals surface area (Å²) in [6.07, 6.45) is 0. The third kappa shape index (κ3) is 3.62. The van der Waals surface area contributed by atoms with Crippen molar-refractivity contribution in [2.45, 2.75) is 58.3 Å². The molecule has 1 aliphatic rings. The van der Waals surface area contributed by atoms with Crippen LogP contribution in [0.25, 0.3) is 0 Å². The lowest BCUT2D eigenvalue weighted by Crippen LogP contribution is -2.41. The van der Waals surface area contributed by atoms with Crippen LogP contribution in [-0.2, 0) is 9.31 Å². The monoisotopic (exact) mass is 309 g/mol. The first-order valence-electron chi connectivity index (χ1n) is 7.53. The van der Waals surface area contributed by atoms with Crippen LogP contribution in [0.3, 0.4) is 0 Å². The van der Waals surface area contributed by atoms with Gasteiger partial charge in [0.05, 0.1) is 22.5 Å². The van der Waals surface area contributed by atoms with Gasteiger partial charge in [0.1, 0.15) is 5.82 Å². The van der Waals surface area contributed by atoms with E-state index in [1.807, 2.05) is 27.7 Å². The molecule has 1 saturated heterocycles. The van der Waals surface area contributed by atoms with Crippen molar-refractivity contribution in [2.75, 3.05) is 11.9 Å². The molecule has 2 N–H and O–H groups in total. The number of anilines is 1. The van der Waals surface area contributed by atoms with Gasteiger partial charge in [-0.05, 0) is 59.1 Å². The Morgan fingerprint density at radius 3 is 2.18 bits per heavy atom. The molecule has 0 radical (unpaired) electrons. The minimum absolute atomic E-state index is 0.264. The molecule has 4 nitrogen and oxygen atoms in total. The molecule has 0 spiro atoms. The quantitative estimate of drug-likeness (QED) is 0.838. The smallest absolute Gasteiger partial charge is 0.399 e. The summed E-state index contributed by atoms with van der Waals surface area (Å²) in [4.78, 5) is 0. The minimum atomic E-state index is -0.906. The van der Waals surface area contributed by atoms with Crippen LogP contribution >= 0.6 is 0 Å². The van der Waals surface area contributed by atoms with Gasteiger partial charge < -0.3 is 19.7 Å². The Labute approximate surface area is 132 Å². The maximum Gasteiger partial charge on any atom is 0.494 e. The Kier molecular flexibility index (Phi) is 4.32. The van der Waals surface area contributed by atoms with E-state index in [2.05, 4.69) is 5.32 Å². The van der Waals surface area contributed by atoms with Crippen molar-refractivity contribution < 1.29 is 18.8 Å². The normalized spacial score (nSPS) is 20.3. The van der Waals surface area contributed by atoms with E-state index in [0.717, 1.165) is 0 Å². The highest BCUT2D eigenvalue weighted by molar-refractivity contribution is 6.62. The lowest BCUT2D eigenvalue weighted by atomic mass is 9.79. The number of benzene rings is 1. The van der Waals surface area contributed by atoms with Gasteiger partial charge >= 0.3 is 7.12 Å². The molecular weight excluding hydrogens is 284 g/mol. The topological polar surface area (TPSA) is 50.7 Å². The molecule has 122 valence electrons. The SMILES string of the molecule is CC(C)(O)CNc1ccc(B2OC(C)(C)C(C)(C)O2)cc1F. The van der Waals surface area contributed by atoms with Gasteiger partial charge in [-0.1, -0.05) is 6.07 Å². The molecule has 1 aromatic rings. The van der Waals surface area contributed by atoms with Gasteiger partial charge in [0.15, 0.2) is 0 Å². The van der Waals surface area contributed by atoms with E-state index in [4.69, 9.17) is 9.31 Å². The van der Waals surface area contributed by atoms with Crippen molar-refractivity contribution in [3.63, 3.8) is 0 Å². The van der Waals surface area contributed by atoms with Gasteiger partial charge in [0.2, 0.25) is 0 Å². The zero-order valence-corrected chi connectivity index (χ0v) is 14.2. The van der Waals surface area contributed by atoms with Crippen molar-refractivity contribution in [1.82, 2.24) is 0 Å². The van der Waals surface area contributed by atoms with E-state index in [1.165, 1.54) is 6.07 Å². The maximum atomic E-state index is 14.2. The van der Waals surface area contributed by atoms with Gasteiger partial charge in [-0.15, -0.1) is 0 Å². The number of hydrogen-bond acceptors (Lipinski definition) is 4. The Balaban J connectivity index is 2.14. The van der Waals surface area contributed by atoms with Crippen LogP contribution in [-0.4, -0.2) is 35.6 Å². The fourth-order valence-corrected chi connectivity index (χ4v) is 2.11. The van der Waals surface area contributed by atoms with Crippen LogP contribution in [0.1, 0.15) is 41.5 Å². The Morgan fingerprint density at radius 2 is 1.73 bits per heavy atom. The second-order valence-corrected chi connectivity index (χ2v) is 7.49. The second kappa shape index (κ2) is 5.51. The molecule has 0 aromatic heterocycles. The average molecular weight is 309 g/mol. The van der Waals surface area contributed by atoms with E-state index < -0.39 is 29.7 Å². The fraction of sp³-hybridized carbons (Fsp3) is 0.625. The summed E-state index contributed by atoms with van der Waals surface area (Å²) in [6, 6.07) is 4.83. The van der Waals surface area contributed by atoms with Crippen molar-refractivity contribution >= 4 is 18.3 Å². The van der Waals surface area contributed by atoms with Crippen LogP contribution in [0, 0.1) is 5.82 Å². The zero-order valence-electron chi connectivity index (χ0n) is 14.2. The highest BCUT2D eigenvalue weighted by atomic mass is 19.1. The van der Waals surface area contributed by atoms with Crippen LogP contribution in [0.15, 0.2) is 18.2 Å². The van der Waals surface area contributed by atoms with E-state index in [0.29, 0.717) is 11.2 Å². The second-order valence-electron chi connectivity index (χ2n) is 7.49. The average Bonchev–Trinajstić information content (AvgIpc) is 2.56. The van der Waals surface area contributed by atoms with Gasteiger partial charge in [-0.3, -0.25) is 0 Å². The van der Waals surface area contributed by atoms with E-state index in [-0.39, 0.29) is 6.54 Å². The first-order chi connectivity index (χ1) is 9.91. The Morgan fingerprint density at radius 1 is 1.18 bits per heavy atom. The largest absolute Gasteiger partial charge is 0.494 e. The van der Waals surface area contributed by atoms with Crippen LogP contribution in [0.4, 0.5) is 10.1 Å². The molecule has 0 aliphatic carbocycles. The first-order valence-corrected chi connectivity index (χ1v) is 7.53. The molecule has 0 saturated carbocycles. The summed E-state index contributed by atoms with van der Waals surface area (Å²) in [6.45, 7) is 11.4. The summed E-state index contributed by atoms with van der Waals surface area (Å²) < 4.78 is 26.0. The molecule has 0 unspecified atom stereocenters. The van der Waals surface area contributed by atoms with E-state index in [9.17, 15) is 9.50 Å². The van der Waals surface area contributed by atoms with Crippen LogP contribution in [0.2, 0.25) is 0 Å². The number of nitrogens with one attached hydrogen (secondary N) is 1. The van der Waals surface area contributed by atoms with Crippen LogP contribution in [0.5, 0.6) is 0 Å². The molecule has 1 aliphatic heterocycles. The Hall–Kier alpha value is -1.11. The lowest BCUT2D eigenvalue weighted by molar-refractivity contribution is 0.00578. The summed E-state index contributed by atoms with van der Waals surface area (Å²) in [5.41, 5.74) is -0.818. The van der Waals surface area contributed by atoms with Gasteiger partial charge in [0.25, 0.3) is 0 Å². The predicted molar refractivity (Wildman–Crippen MR) is 86.9 cm³/mol. The molecule has 2 rings (SSSR count). The van der Waals surface area contributed by atoms with Gasteiger partial charge in [0, 0.05) is 6.54 Å². The number of halogens is 1. The van der Waals surface area contributed by atoms with Gasteiger partial charge in [-0.2, -0.15) is 0 Å². The van der Waals surface area contributed by atoms with E-state index >= 15 is 0 Å². The van der Waals surface area contributed by atoms with E-state index in [1.54, 1.807) is 26.0 Å². The number of rotatable bonds is 4. The summed E-state index contributed by atoms with van der Waals surface area (Å²) in [5, 5.41) is 12.6. The first kappa shape index (κ1) is 17.3. The standard InChI is InChI=1S/C16H25BFNO3/c1-14(2,20)10-19-13-8-7-11(9-12(13)18)17-21-15(3,4)16(5,6)22-17/h7-9,19-20H,10H2,1-6H3. The predicted octanol–water partition coefficient (Wildman–Crippen LogP) is 2.31. The van der Waals surface area contributed by atoms with Crippen molar-refractivity contribution in [2.24, 2.45) is 0 Å². The number of aliphatic hydroxyl groups is 1. The molecule has 0 bridgehead atoms. The lowest BCUT2D eigenvalue weighted by Gasteiger charge is -2.32. The molecule has 1 heterocycles. The zero-order chi connectivity index (χ0) is 16.8. The molecule has 22 heavy (non-hydrogen) atoms.